The third-order valence-electron chi connectivity index (χ3n) is 5.08. The Balaban J connectivity index is 1.66. The number of aryl methyl sites for hydroxylation is 2. The van der Waals surface area contributed by atoms with E-state index in [2.05, 4.69) is 16.9 Å². The van der Waals surface area contributed by atoms with E-state index < -0.39 is 0 Å². The molecule has 0 aliphatic rings. The van der Waals surface area contributed by atoms with Gasteiger partial charge in [-0.3, -0.25) is 4.79 Å². The molecule has 2 heterocycles. The average Bonchev–Trinajstić information content (AvgIpc) is 3.19. The van der Waals surface area contributed by atoms with E-state index in [0.29, 0.717) is 23.6 Å². The van der Waals surface area contributed by atoms with E-state index in [1.165, 1.54) is 0 Å². The number of hydrogen-bond acceptors (Lipinski definition) is 4. The standard InChI is InChI=1S/C24H22N2O3/c1-15-7-9-19(28-3)11-18(15)13-23-26-14-22(29-23)17-8-6-16(2)21(12-17)20-5-4-10-25-24(20)27/h4-12,14H,13H2,1-3H3,(H,25,27). The Labute approximate surface area is 169 Å². The van der Waals surface area contributed by atoms with Crippen LogP contribution >= 0.6 is 0 Å². The van der Waals surface area contributed by atoms with Crippen molar-refractivity contribution in [3.63, 3.8) is 0 Å². The Morgan fingerprint density at radius 2 is 1.86 bits per heavy atom. The van der Waals surface area contributed by atoms with E-state index >= 15 is 0 Å². The summed E-state index contributed by atoms with van der Waals surface area (Å²) in [5, 5.41) is 0. The first-order valence-electron chi connectivity index (χ1n) is 9.42. The van der Waals surface area contributed by atoms with E-state index in [0.717, 1.165) is 33.6 Å². The van der Waals surface area contributed by atoms with E-state index in [1.54, 1.807) is 19.5 Å². The zero-order valence-electron chi connectivity index (χ0n) is 16.7. The molecule has 4 rings (SSSR count). The zero-order valence-corrected chi connectivity index (χ0v) is 16.7. The number of H-pyrrole nitrogens is 1. The molecule has 0 saturated heterocycles. The predicted octanol–water partition coefficient (Wildman–Crippen LogP) is 4.91. The summed E-state index contributed by atoms with van der Waals surface area (Å²) in [6.07, 6.45) is 3.95. The minimum Gasteiger partial charge on any atom is -0.497 e. The van der Waals surface area contributed by atoms with Crippen molar-refractivity contribution in [2.24, 2.45) is 0 Å². The van der Waals surface area contributed by atoms with Gasteiger partial charge >= 0.3 is 0 Å². The van der Waals surface area contributed by atoms with Crippen LogP contribution in [-0.4, -0.2) is 17.1 Å². The summed E-state index contributed by atoms with van der Waals surface area (Å²) in [4.78, 5) is 19.4. The summed E-state index contributed by atoms with van der Waals surface area (Å²) in [6, 6.07) is 15.6. The monoisotopic (exact) mass is 386 g/mol. The maximum absolute atomic E-state index is 12.2. The van der Waals surface area contributed by atoms with Crippen molar-refractivity contribution in [1.82, 2.24) is 9.97 Å². The molecule has 0 aliphatic heterocycles. The van der Waals surface area contributed by atoms with Gasteiger partial charge in [0.25, 0.3) is 5.56 Å². The van der Waals surface area contributed by atoms with Crippen molar-refractivity contribution in [3.05, 3.63) is 93.9 Å². The van der Waals surface area contributed by atoms with Crippen LogP contribution in [0.3, 0.4) is 0 Å². The molecule has 0 saturated carbocycles. The molecule has 2 aromatic heterocycles. The van der Waals surface area contributed by atoms with Crippen molar-refractivity contribution in [1.29, 1.82) is 0 Å². The molecule has 0 bridgehead atoms. The van der Waals surface area contributed by atoms with Crippen LogP contribution in [0.15, 0.2) is 70.1 Å². The molecule has 5 heteroatoms. The van der Waals surface area contributed by atoms with Crippen LogP contribution in [0.5, 0.6) is 5.75 Å². The van der Waals surface area contributed by atoms with Gasteiger partial charge in [0, 0.05) is 23.7 Å². The van der Waals surface area contributed by atoms with Crippen molar-refractivity contribution in [3.8, 4) is 28.2 Å². The van der Waals surface area contributed by atoms with Crippen LogP contribution in [0.25, 0.3) is 22.5 Å². The normalized spacial score (nSPS) is 10.9. The molecule has 0 atom stereocenters. The lowest BCUT2D eigenvalue weighted by Gasteiger charge is -2.07. The van der Waals surface area contributed by atoms with Gasteiger partial charge < -0.3 is 14.1 Å². The molecule has 146 valence electrons. The Morgan fingerprint density at radius 3 is 2.66 bits per heavy atom. The summed E-state index contributed by atoms with van der Waals surface area (Å²) in [7, 11) is 1.66. The quantitative estimate of drug-likeness (QED) is 0.529. The molecule has 29 heavy (non-hydrogen) atoms. The molecule has 1 N–H and O–H groups in total. The van der Waals surface area contributed by atoms with Crippen LogP contribution in [-0.2, 0) is 6.42 Å². The molecule has 0 amide bonds. The van der Waals surface area contributed by atoms with Gasteiger partial charge in [-0.05, 0) is 66.4 Å². The van der Waals surface area contributed by atoms with Crippen molar-refractivity contribution < 1.29 is 9.15 Å². The Hall–Kier alpha value is -3.60. The first-order valence-corrected chi connectivity index (χ1v) is 9.42. The maximum atomic E-state index is 12.2. The van der Waals surface area contributed by atoms with Gasteiger partial charge in [0.2, 0.25) is 0 Å². The van der Waals surface area contributed by atoms with Crippen molar-refractivity contribution in [2.75, 3.05) is 7.11 Å². The van der Waals surface area contributed by atoms with E-state index in [9.17, 15) is 4.79 Å². The highest BCUT2D eigenvalue weighted by Gasteiger charge is 2.12. The molecule has 0 fully saturated rings. The zero-order chi connectivity index (χ0) is 20.4. The fourth-order valence-corrected chi connectivity index (χ4v) is 3.35. The fraction of sp³-hybridized carbons (Fsp3) is 0.167. The summed E-state index contributed by atoms with van der Waals surface area (Å²) in [6.45, 7) is 4.05. The first kappa shape index (κ1) is 18.7. The van der Waals surface area contributed by atoms with Crippen LogP contribution in [0.2, 0.25) is 0 Å². The van der Waals surface area contributed by atoms with E-state index in [-0.39, 0.29) is 5.56 Å². The number of aromatic amines is 1. The first-order chi connectivity index (χ1) is 14.0. The molecule has 4 aromatic rings. The maximum Gasteiger partial charge on any atom is 0.255 e. The Morgan fingerprint density at radius 1 is 1.03 bits per heavy atom. The molecule has 5 nitrogen and oxygen atoms in total. The highest BCUT2D eigenvalue weighted by atomic mass is 16.5. The number of oxazole rings is 1. The Bertz CT molecular complexity index is 1220. The molecular formula is C24H22N2O3. The predicted molar refractivity (Wildman–Crippen MR) is 113 cm³/mol. The minimum absolute atomic E-state index is 0.112. The summed E-state index contributed by atoms with van der Waals surface area (Å²) < 4.78 is 11.3. The van der Waals surface area contributed by atoms with Gasteiger partial charge in [0.15, 0.2) is 11.7 Å². The van der Waals surface area contributed by atoms with Gasteiger partial charge in [-0.2, -0.15) is 0 Å². The van der Waals surface area contributed by atoms with Gasteiger partial charge in [-0.15, -0.1) is 0 Å². The third-order valence-corrected chi connectivity index (χ3v) is 5.08. The second-order valence-corrected chi connectivity index (χ2v) is 7.03. The topological polar surface area (TPSA) is 68.1 Å². The minimum atomic E-state index is -0.112. The fourth-order valence-electron chi connectivity index (χ4n) is 3.35. The number of ether oxygens (including phenoxy) is 1. The van der Waals surface area contributed by atoms with Crippen LogP contribution in [0.4, 0.5) is 0 Å². The van der Waals surface area contributed by atoms with Gasteiger partial charge in [-0.25, -0.2) is 4.98 Å². The second-order valence-electron chi connectivity index (χ2n) is 7.03. The Kier molecular flexibility index (Phi) is 5.04. The van der Waals surface area contributed by atoms with Crippen LogP contribution in [0, 0.1) is 13.8 Å². The van der Waals surface area contributed by atoms with Crippen molar-refractivity contribution in [2.45, 2.75) is 20.3 Å². The second kappa shape index (κ2) is 7.80. The number of nitrogens with one attached hydrogen (secondary N) is 1. The summed E-state index contributed by atoms with van der Waals surface area (Å²) >= 11 is 0. The van der Waals surface area contributed by atoms with Gasteiger partial charge in [-0.1, -0.05) is 18.2 Å². The molecule has 0 aliphatic carbocycles. The summed E-state index contributed by atoms with van der Waals surface area (Å²) in [5.74, 6) is 2.12. The number of rotatable bonds is 5. The third kappa shape index (κ3) is 3.85. The SMILES string of the molecule is COc1ccc(C)c(Cc2ncc(-c3ccc(C)c(-c4ccc[nH]c4=O)c3)o2)c1. The average molecular weight is 386 g/mol. The summed E-state index contributed by atoms with van der Waals surface area (Å²) in [5.41, 5.74) is 5.58. The molecule has 0 unspecified atom stereocenters. The lowest BCUT2D eigenvalue weighted by molar-refractivity contribution is 0.414. The molecule has 2 aromatic carbocycles. The lowest BCUT2D eigenvalue weighted by Crippen LogP contribution is -2.07. The largest absolute Gasteiger partial charge is 0.497 e. The van der Waals surface area contributed by atoms with E-state index in [1.807, 2.05) is 55.5 Å². The number of nitrogens with zero attached hydrogens (tertiary/aromatic N) is 1. The molecular weight excluding hydrogens is 364 g/mol. The highest BCUT2D eigenvalue weighted by Crippen LogP contribution is 2.29. The number of benzene rings is 2. The number of methoxy groups -OCH3 is 1. The van der Waals surface area contributed by atoms with Crippen LogP contribution in [0.1, 0.15) is 22.6 Å². The number of hydrogen-bond donors (Lipinski definition) is 1. The molecule has 0 radical (unpaired) electrons. The lowest BCUT2D eigenvalue weighted by atomic mass is 9.98. The number of pyridine rings is 1. The highest BCUT2D eigenvalue weighted by molar-refractivity contribution is 5.73. The smallest absolute Gasteiger partial charge is 0.255 e. The van der Waals surface area contributed by atoms with Gasteiger partial charge in [0.1, 0.15) is 5.75 Å². The van der Waals surface area contributed by atoms with E-state index in [4.69, 9.17) is 9.15 Å². The number of aromatic nitrogens is 2. The molecule has 0 spiro atoms. The van der Waals surface area contributed by atoms with Crippen molar-refractivity contribution >= 4 is 0 Å². The van der Waals surface area contributed by atoms with Crippen LogP contribution < -0.4 is 10.3 Å². The van der Waals surface area contributed by atoms with Gasteiger partial charge in [0.05, 0.1) is 13.3 Å².